The number of carbonyl (C=O) groups is 1. The highest BCUT2D eigenvalue weighted by Gasteiger charge is 2.46. The number of rotatable bonds is 14. The zero-order valence-electron chi connectivity index (χ0n) is 18.6. The van der Waals surface area contributed by atoms with Crippen molar-refractivity contribution in [3.63, 3.8) is 0 Å². The minimum atomic E-state index is -3.07. The molecule has 0 fully saturated rings. The van der Waals surface area contributed by atoms with Crippen molar-refractivity contribution in [2.45, 2.75) is 47.5 Å². The number of carboxylic acids is 1. The topological polar surface area (TPSA) is 92.7 Å². The van der Waals surface area contributed by atoms with E-state index in [4.69, 9.17) is 26.6 Å². The predicted octanol–water partition coefficient (Wildman–Crippen LogP) is 3.36. The van der Waals surface area contributed by atoms with Crippen LogP contribution in [-0.4, -0.2) is 69.8 Å². The molecule has 0 rings (SSSR count). The Balaban J connectivity index is 0. The summed E-state index contributed by atoms with van der Waals surface area (Å²) in [5.41, 5.74) is 1.86. The first-order chi connectivity index (χ1) is 13.2. The van der Waals surface area contributed by atoms with Gasteiger partial charge in [0.1, 0.15) is 0 Å². The molecule has 0 unspecified atom stereocenters. The molecule has 0 aromatic carbocycles. The Morgan fingerprint density at radius 2 is 1.32 bits per heavy atom. The molecule has 0 aliphatic heterocycles. The fraction of sp³-hybridized carbons (Fsp3) is 0.722. The molecule has 166 valence electrons. The van der Waals surface area contributed by atoms with Gasteiger partial charge in [0.15, 0.2) is 0 Å². The fourth-order valence-corrected chi connectivity index (χ4v) is 6.44. The third-order valence-corrected chi connectivity index (χ3v) is 9.33. The molecule has 0 bridgehead atoms. The van der Waals surface area contributed by atoms with Gasteiger partial charge < -0.3 is 31.7 Å². The molecule has 28 heavy (non-hydrogen) atoms. The molecule has 0 amide bonds. The highest BCUT2D eigenvalue weighted by Crippen LogP contribution is 2.27. The van der Waals surface area contributed by atoms with E-state index in [1.807, 2.05) is 27.7 Å². The standard InChI is InChI=1S/C13H26O5Si.C5H12O3Si/c1-6-10-12(11(5)13(14)15)19(16-7-2,17-8-3)18-9-4;1-5-9(6-2,7-3)8-4/h6-10H2,1-5H3,(H,14,15);5H,1H2,2-4H3. The summed E-state index contributed by atoms with van der Waals surface area (Å²) in [6.45, 7) is 14.0. The highest BCUT2D eigenvalue weighted by atomic mass is 28.4. The Hall–Kier alpha value is -0.856. The van der Waals surface area contributed by atoms with E-state index in [-0.39, 0.29) is 5.57 Å². The van der Waals surface area contributed by atoms with Gasteiger partial charge >= 0.3 is 23.6 Å². The van der Waals surface area contributed by atoms with Crippen LogP contribution in [0.5, 0.6) is 0 Å². The van der Waals surface area contributed by atoms with E-state index in [1.54, 1.807) is 34.0 Å². The first kappa shape index (κ1) is 29.3. The van der Waals surface area contributed by atoms with Crippen molar-refractivity contribution in [3.8, 4) is 0 Å². The number of carboxylic acid groups (broad SMARTS) is 1. The molecule has 1 N–H and O–H groups in total. The molecular formula is C18H38O8Si2. The molecule has 0 aromatic rings. The van der Waals surface area contributed by atoms with E-state index in [0.717, 1.165) is 6.42 Å². The van der Waals surface area contributed by atoms with Crippen LogP contribution in [0.15, 0.2) is 23.0 Å². The first-order valence-electron chi connectivity index (χ1n) is 9.37. The van der Waals surface area contributed by atoms with Gasteiger partial charge in [0.25, 0.3) is 0 Å². The van der Waals surface area contributed by atoms with Crippen molar-refractivity contribution in [1.82, 2.24) is 0 Å². The van der Waals surface area contributed by atoms with Gasteiger partial charge in [0, 0.05) is 51.9 Å². The predicted molar refractivity (Wildman–Crippen MR) is 113 cm³/mol. The Bertz CT molecular complexity index is 453. The van der Waals surface area contributed by atoms with Gasteiger partial charge in [-0.1, -0.05) is 19.9 Å². The van der Waals surface area contributed by atoms with Crippen molar-refractivity contribution in [2.75, 3.05) is 41.2 Å². The van der Waals surface area contributed by atoms with E-state index in [0.29, 0.717) is 31.4 Å². The molecule has 0 aromatic heterocycles. The van der Waals surface area contributed by atoms with Gasteiger partial charge in [-0.25, -0.2) is 4.79 Å². The molecule has 0 aliphatic rings. The minimum Gasteiger partial charge on any atom is -0.478 e. The Kier molecular flexibility index (Phi) is 16.8. The van der Waals surface area contributed by atoms with Crippen LogP contribution >= 0.6 is 0 Å². The van der Waals surface area contributed by atoms with E-state index in [2.05, 4.69) is 6.58 Å². The smallest absolute Gasteiger partial charge is 0.478 e. The second kappa shape index (κ2) is 16.0. The van der Waals surface area contributed by atoms with Crippen molar-refractivity contribution >= 4 is 23.6 Å². The van der Waals surface area contributed by atoms with E-state index in [9.17, 15) is 9.90 Å². The summed E-state index contributed by atoms with van der Waals surface area (Å²) >= 11 is 0. The summed E-state index contributed by atoms with van der Waals surface area (Å²) in [6, 6.07) is 0. The van der Waals surface area contributed by atoms with Crippen molar-refractivity contribution < 1.29 is 36.5 Å². The summed E-state index contributed by atoms with van der Waals surface area (Å²) in [5, 5.41) is 9.93. The number of allylic oxidation sites excluding steroid dienone is 1. The lowest BCUT2D eigenvalue weighted by Gasteiger charge is -2.31. The lowest BCUT2D eigenvalue weighted by atomic mass is 10.2. The normalized spacial score (nSPS) is 12.7. The van der Waals surface area contributed by atoms with Crippen molar-refractivity contribution in [3.05, 3.63) is 23.0 Å². The van der Waals surface area contributed by atoms with Crippen LogP contribution in [0.1, 0.15) is 47.5 Å². The van der Waals surface area contributed by atoms with Crippen LogP contribution in [0.2, 0.25) is 0 Å². The summed E-state index contributed by atoms with van der Waals surface area (Å²) in [4.78, 5) is 11.3. The number of hydrogen-bond acceptors (Lipinski definition) is 7. The van der Waals surface area contributed by atoms with Gasteiger partial charge in [0.05, 0.1) is 0 Å². The maximum absolute atomic E-state index is 11.3. The second-order valence-corrected chi connectivity index (χ2v) is 10.9. The molecule has 0 saturated carbocycles. The molecule has 0 aliphatic carbocycles. The van der Waals surface area contributed by atoms with Gasteiger partial charge in [-0.3, -0.25) is 0 Å². The monoisotopic (exact) mass is 438 g/mol. The van der Waals surface area contributed by atoms with Crippen LogP contribution in [0.3, 0.4) is 0 Å². The van der Waals surface area contributed by atoms with Crippen molar-refractivity contribution in [2.24, 2.45) is 0 Å². The number of hydrogen-bond donors (Lipinski definition) is 1. The van der Waals surface area contributed by atoms with Crippen molar-refractivity contribution in [1.29, 1.82) is 0 Å². The molecule has 0 heterocycles. The summed E-state index contributed by atoms with van der Waals surface area (Å²) in [6.07, 6.45) is 1.44. The molecule has 0 radical (unpaired) electrons. The van der Waals surface area contributed by atoms with Crippen LogP contribution < -0.4 is 0 Å². The molecule has 0 spiro atoms. The van der Waals surface area contributed by atoms with Gasteiger partial charge in [0.2, 0.25) is 0 Å². The summed E-state index contributed by atoms with van der Waals surface area (Å²) in [7, 11) is -0.873. The van der Waals surface area contributed by atoms with Crippen LogP contribution in [0, 0.1) is 0 Å². The van der Waals surface area contributed by atoms with E-state index < -0.39 is 23.6 Å². The maximum Gasteiger partial charge on any atom is 0.533 e. The quantitative estimate of drug-likeness (QED) is 0.326. The lowest BCUT2D eigenvalue weighted by molar-refractivity contribution is -0.132. The second-order valence-electron chi connectivity index (χ2n) is 5.43. The molecule has 0 atom stereocenters. The Morgan fingerprint density at radius 1 is 0.929 bits per heavy atom. The Labute approximate surface area is 172 Å². The molecular weight excluding hydrogens is 400 g/mol. The third-order valence-electron chi connectivity index (χ3n) is 3.75. The van der Waals surface area contributed by atoms with Gasteiger partial charge in [-0.05, 0) is 39.8 Å². The minimum absolute atomic E-state index is 0.281. The first-order valence-corrected chi connectivity index (χ1v) is 12.9. The average Bonchev–Trinajstić information content (AvgIpc) is 2.69. The zero-order valence-corrected chi connectivity index (χ0v) is 20.6. The third kappa shape index (κ3) is 9.10. The van der Waals surface area contributed by atoms with Crippen LogP contribution in [-0.2, 0) is 31.4 Å². The van der Waals surface area contributed by atoms with E-state index in [1.165, 1.54) is 0 Å². The Morgan fingerprint density at radius 3 is 1.50 bits per heavy atom. The average molecular weight is 439 g/mol. The van der Waals surface area contributed by atoms with Crippen LogP contribution in [0.4, 0.5) is 0 Å². The summed E-state index contributed by atoms with van der Waals surface area (Å²) in [5.74, 6) is -0.945. The molecule has 0 saturated heterocycles. The molecule has 10 heteroatoms. The lowest BCUT2D eigenvalue weighted by Crippen LogP contribution is -2.49. The summed E-state index contributed by atoms with van der Waals surface area (Å²) < 4.78 is 32.2. The molecule has 8 nitrogen and oxygen atoms in total. The van der Waals surface area contributed by atoms with Crippen LogP contribution in [0.25, 0.3) is 0 Å². The van der Waals surface area contributed by atoms with Gasteiger partial charge in [-0.15, -0.1) is 0 Å². The SMILES string of the molecule is C=C[Si](OC)(OC)OC.CCCC(=C(C)C(=O)O)[Si](OCC)(OCC)OCC. The fourth-order valence-electron chi connectivity index (χ4n) is 2.41. The maximum atomic E-state index is 11.3. The van der Waals surface area contributed by atoms with E-state index >= 15 is 0 Å². The number of aliphatic carboxylic acids is 1. The zero-order chi connectivity index (χ0) is 22.2. The highest BCUT2D eigenvalue weighted by molar-refractivity contribution is 6.69. The largest absolute Gasteiger partial charge is 0.533 e. The van der Waals surface area contributed by atoms with Gasteiger partial charge in [-0.2, -0.15) is 0 Å².